The summed E-state index contributed by atoms with van der Waals surface area (Å²) in [7, 11) is 0. The third-order valence-corrected chi connectivity index (χ3v) is 5.25. The number of fused-ring (bicyclic) bond motifs is 1. The molecule has 0 bridgehead atoms. The van der Waals surface area contributed by atoms with Crippen LogP contribution in [-0.2, 0) is 4.74 Å². The summed E-state index contributed by atoms with van der Waals surface area (Å²) < 4.78 is 35.4. The zero-order valence-corrected chi connectivity index (χ0v) is 14.8. The Kier molecular flexibility index (Phi) is 4.28. The van der Waals surface area contributed by atoms with Crippen LogP contribution >= 0.6 is 11.6 Å². The number of nitrogens with zero attached hydrogens (tertiary/aromatic N) is 3. The third kappa shape index (κ3) is 2.81. The molecule has 3 heterocycles. The zero-order chi connectivity index (χ0) is 18.4. The van der Waals surface area contributed by atoms with E-state index in [9.17, 15) is 8.78 Å². The van der Waals surface area contributed by atoms with E-state index >= 15 is 0 Å². The first-order chi connectivity index (χ1) is 12.5. The van der Waals surface area contributed by atoms with Crippen LogP contribution in [0.2, 0.25) is 5.02 Å². The molecule has 2 N–H and O–H groups in total. The van der Waals surface area contributed by atoms with Crippen LogP contribution in [0.1, 0.15) is 37.5 Å². The maximum absolute atomic E-state index is 14.2. The average Bonchev–Trinajstić information content (AvgIpc) is 3.22. The average molecular weight is 379 g/mol. The second-order valence-electron chi connectivity index (χ2n) is 6.51. The van der Waals surface area contributed by atoms with E-state index in [0.29, 0.717) is 12.1 Å². The van der Waals surface area contributed by atoms with E-state index in [4.69, 9.17) is 22.1 Å². The lowest BCUT2D eigenvalue weighted by Crippen LogP contribution is -2.17. The number of aromatic nitrogens is 3. The lowest BCUT2D eigenvalue weighted by Gasteiger charge is -2.21. The fourth-order valence-electron chi connectivity index (χ4n) is 3.51. The molecule has 0 amide bonds. The molecule has 136 valence electrons. The molecule has 8 heteroatoms. The van der Waals surface area contributed by atoms with Crippen molar-refractivity contribution in [2.45, 2.75) is 38.0 Å². The predicted octanol–water partition coefficient (Wildman–Crippen LogP) is 4.43. The van der Waals surface area contributed by atoms with Gasteiger partial charge in [-0.2, -0.15) is 0 Å². The quantitative estimate of drug-likeness (QED) is 0.732. The molecule has 3 unspecified atom stereocenters. The Morgan fingerprint density at radius 3 is 2.85 bits per heavy atom. The first-order valence-electron chi connectivity index (χ1n) is 8.32. The van der Waals surface area contributed by atoms with E-state index < -0.39 is 11.6 Å². The number of anilines is 1. The van der Waals surface area contributed by atoms with Gasteiger partial charge in [-0.15, -0.1) is 0 Å². The van der Waals surface area contributed by atoms with Gasteiger partial charge in [0.1, 0.15) is 24.2 Å². The third-order valence-electron chi connectivity index (χ3n) is 4.96. The van der Waals surface area contributed by atoms with Crippen LogP contribution in [0.15, 0.2) is 30.7 Å². The highest BCUT2D eigenvalue weighted by molar-refractivity contribution is 6.30. The van der Waals surface area contributed by atoms with Crippen LogP contribution in [0.3, 0.4) is 0 Å². The summed E-state index contributed by atoms with van der Waals surface area (Å²) in [5.41, 5.74) is 7.07. The Labute approximate surface area is 153 Å². The lowest BCUT2D eigenvalue weighted by atomic mass is 9.94. The molecule has 3 aromatic rings. The molecule has 26 heavy (non-hydrogen) atoms. The fourth-order valence-corrected chi connectivity index (χ4v) is 3.70. The lowest BCUT2D eigenvalue weighted by molar-refractivity contribution is -0.00583. The highest BCUT2D eigenvalue weighted by Crippen LogP contribution is 2.39. The Balaban J connectivity index is 1.59. The highest BCUT2D eigenvalue weighted by atomic mass is 35.5. The van der Waals surface area contributed by atoms with Crippen molar-refractivity contribution in [1.82, 2.24) is 14.5 Å². The first kappa shape index (κ1) is 17.2. The Morgan fingerprint density at radius 2 is 2.08 bits per heavy atom. The molecule has 4 rings (SSSR count). The monoisotopic (exact) mass is 378 g/mol. The van der Waals surface area contributed by atoms with E-state index in [-0.39, 0.29) is 34.5 Å². The molecule has 5 nitrogen and oxygen atoms in total. The Morgan fingerprint density at radius 1 is 1.27 bits per heavy atom. The van der Waals surface area contributed by atoms with Crippen LogP contribution < -0.4 is 5.73 Å². The minimum atomic E-state index is -0.469. The van der Waals surface area contributed by atoms with Crippen LogP contribution in [0, 0.1) is 11.6 Å². The summed E-state index contributed by atoms with van der Waals surface area (Å²) >= 11 is 5.88. The number of rotatable bonds is 3. The van der Waals surface area contributed by atoms with Crippen LogP contribution in [0.4, 0.5) is 14.6 Å². The summed E-state index contributed by atoms with van der Waals surface area (Å²) in [6.45, 7) is 2.01. The molecule has 3 atom stereocenters. The minimum Gasteiger partial charge on any atom is -0.383 e. The molecule has 0 radical (unpaired) electrons. The van der Waals surface area contributed by atoms with E-state index in [1.165, 1.54) is 18.6 Å². The highest BCUT2D eigenvalue weighted by Gasteiger charge is 2.33. The predicted molar refractivity (Wildman–Crippen MR) is 94.9 cm³/mol. The molecule has 1 saturated heterocycles. The summed E-state index contributed by atoms with van der Waals surface area (Å²) in [5.74, 6) is -0.789. The smallest absolute Gasteiger partial charge is 0.154 e. The van der Waals surface area contributed by atoms with Crippen molar-refractivity contribution in [2.24, 2.45) is 0 Å². The largest absolute Gasteiger partial charge is 0.383 e. The maximum atomic E-state index is 14.2. The summed E-state index contributed by atoms with van der Waals surface area (Å²) in [6, 6.07) is 4.69. The van der Waals surface area contributed by atoms with Gasteiger partial charge in [0.2, 0.25) is 0 Å². The van der Waals surface area contributed by atoms with Gasteiger partial charge in [0.25, 0.3) is 0 Å². The van der Waals surface area contributed by atoms with Gasteiger partial charge < -0.3 is 15.0 Å². The number of nitrogen functional groups attached to an aromatic ring is 1. The first-order valence-corrected chi connectivity index (χ1v) is 8.70. The van der Waals surface area contributed by atoms with Crippen molar-refractivity contribution < 1.29 is 13.5 Å². The van der Waals surface area contributed by atoms with Crippen LogP contribution in [0.25, 0.3) is 11.0 Å². The van der Waals surface area contributed by atoms with E-state index in [1.54, 1.807) is 16.7 Å². The molecule has 1 fully saturated rings. The van der Waals surface area contributed by atoms with Crippen molar-refractivity contribution in [2.75, 3.05) is 5.73 Å². The second kappa shape index (κ2) is 6.48. The number of ether oxygens (including phenoxy) is 1. The molecule has 1 aliphatic rings. The number of hydrogen-bond acceptors (Lipinski definition) is 4. The van der Waals surface area contributed by atoms with Crippen molar-refractivity contribution in [1.29, 1.82) is 0 Å². The SMILES string of the molecule is CC(c1ccc(F)c(Cl)c1)C1CCC(n2cc(F)c3c(N)ncnc32)O1. The molecule has 2 aromatic heterocycles. The maximum Gasteiger partial charge on any atom is 0.154 e. The number of benzene rings is 1. The fraction of sp³-hybridized carbons (Fsp3) is 0.333. The van der Waals surface area contributed by atoms with Crippen molar-refractivity contribution in [3.05, 3.63) is 52.9 Å². The molecule has 1 aliphatic heterocycles. The number of hydrogen-bond donors (Lipinski definition) is 1. The second-order valence-corrected chi connectivity index (χ2v) is 6.92. The Bertz CT molecular complexity index is 977. The van der Waals surface area contributed by atoms with Crippen LogP contribution in [-0.4, -0.2) is 20.6 Å². The zero-order valence-electron chi connectivity index (χ0n) is 14.0. The molecule has 1 aromatic carbocycles. The molecular weight excluding hydrogens is 362 g/mol. The molecule has 0 saturated carbocycles. The summed E-state index contributed by atoms with van der Waals surface area (Å²) in [5, 5.41) is 0.299. The normalized spacial score (nSPS) is 21.4. The van der Waals surface area contributed by atoms with Gasteiger partial charge in [0.05, 0.1) is 16.5 Å². The topological polar surface area (TPSA) is 66.0 Å². The van der Waals surface area contributed by atoms with Gasteiger partial charge in [0.15, 0.2) is 11.5 Å². The van der Waals surface area contributed by atoms with E-state index in [0.717, 1.165) is 12.0 Å². The standard InChI is InChI=1S/C18H17ClF2N4O/c1-9(10-2-3-12(20)11(19)6-10)14-4-5-15(26-14)25-7-13(21)16-17(22)23-8-24-18(16)25/h2-3,6-9,14-15H,4-5H2,1H3,(H2,22,23,24). The van der Waals surface area contributed by atoms with E-state index in [1.807, 2.05) is 6.92 Å². The molecule has 0 aliphatic carbocycles. The minimum absolute atomic E-state index is 0.0180. The van der Waals surface area contributed by atoms with Gasteiger partial charge in [-0.05, 0) is 30.5 Å². The molecular formula is C18H17ClF2N4O. The van der Waals surface area contributed by atoms with Gasteiger partial charge in [0, 0.05) is 12.1 Å². The van der Waals surface area contributed by atoms with Gasteiger partial charge in [-0.3, -0.25) is 0 Å². The number of halogens is 3. The van der Waals surface area contributed by atoms with Gasteiger partial charge in [-0.25, -0.2) is 18.7 Å². The van der Waals surface area contributed by atoms with E-state index in [2.05, 4.69) is 9.97 Å². The van der Waals surface area contributed by atoms with Crippen molar-refractivity contribution >= 4 is 28.5 Å². The van der Waals surface area contributed by atoms with Crippen molar-refractivity contribution in [3.63, 3.8) is 0 Å². The molecule has 0 spiro atoms. The summed E-state index contributed by atoms with van der Waals surface area (Å²) in [4.78, 5) is 7.99. The van der Waals surface area contributed by atoms with Crippen molar-refractivity contribution in [3.8, 4) is 0 Å². The van der Waals surface area contributed by atoms with Crippen LogP contribution in [0.5, 0.6) is 0 Å². The van der Waals surface area contributed by atoms with Gasteiger partial charge >= 0.3 is 0 Å². The number of nitrogens with two attached hydrogens (primary N) is 1. The Hall–Kier alpha value is -2.25. The summed E-state index contributed by atoms with van der Waals surface area (Å²) in [6.07, 6.45) is 3.70. The van der Waals surface area contributed by atoms with Gasteiger partial charge in [-0.1, -0.05) is 24.6 Å².